The van der Waals surface area contributed by atoms with E-state index in [1.807, 2.05) is 0 Å². The molecule has 0 aliphatic heterocycles. The van der Waals surface area contributed by atoms with Crippen LogP contribution < -0.4 is 0 Å². The highest BCUT2D eigenvalue weighted by molar-refractivity contribution is 5.96. The first-order valence-corrected chi connectivity index (χ1v) is 10.2. The van der Waals surface area contributed by atoms with E-state index in [9.17, 15) is 14.7 Å². The Balaban J connectivity index is 1.48. The molecule has 0 bridgehead atoms. The molecular weight excluding hydrogens is 346 g/mol. The van der Waals surface area contributed by atoms with Gasteiger partial charge in [-0.05, 0) is 94.0 Å². The molecule has 0 aromatic heterocycles. The van der Waals surface area contributed by atoms with Crippen LogP contribution >= 0.6 is 0 Å². The maximum absolute atomic E-state index is 12.1. The minimum absolute atomic E-state index is 0.0512. The molecule has 0 amide bonds. The molecule has 2 N–H and O–H groups in total. The molecule has 27 heavy (non-hydrogen) atoms. The topological polar surface area (TPSA) is 96.2 Å². The number of carbonyl (C=O) groups excluding carboxylic acids is 1. The molecule has 6 nitrogen and oxygen atoms in total. The summed E-state index contributed by atoms with van der Waals surface area (Å²) in [6.45, 7) is 1.15. The zero-order valence-corrected chi connectivity index (χ0v) is 15.9. The summed E-state index contributed by atoms with van der Waals surface area (Å²) in [7, 11) is 0. The normalized spacial score (nSPS) is 41.9. The van der Waals surface area contributed by atoms with Crippen LogP contribution in [0.4, 0.5) is 0 Å². The van der Waals surface area contributed by atoms with Crippen LogP contribution in [-0.2, 0) is 14.4 Å². The second kappa shape index (κ2) is 7.04. The molecule has 0 aromatic carbocycles. The van der Waals surface area contributed by atoms with Crippen molar-refractivity contribution in [1.82, 2.24) is 0 Å². The second-order valence-corrected chi connectivity index (χ2v) is 8.85. The van der Waals surface area contributed by atoms with Crippen molar-refractivity contribution in [3.8, 4) is 0 Å². The highest BCUT2D eigenvalue weighted by Crippen LogP contribution is 2.59. The molecule has 6 unspecified atom stereocenters. The van der Waals surface area contributed by atoms with Crippen molar-refractivity contribution in [3.63, 3.8) is 0 Å². The van der Waals surface area contributed by atoms with Gasteiger partial charge in [0.25, 0.3) is 0 Å². The number of aliphatic carboxylic acids is 1. The van der Waals surface area contributed by atoms with Gasteiger partial charge < -0.3 is 15.1 Å². The quantitative estimate of drug-likeness (QED) is 0.737. The fourth-order valence-electron chi connectivity index (χ4n) is 6.57. The Labute approximate surface area is 159 Å². The Morgan fingerprint density at radius 1 is 1.15 bits per heavy atom. The fraction of sp³-hybridized carbons (Fsp3) is 0.762. The summed E-state index contributed by atoms with van der Waals surface area (Å²) in [5, 5.41) is 23.6. The molecule has 3 saturated carbocycles. The molecule has 3 fully saturated rings. The third-order valence-corrected chi connectivity index (χ3v) is 7.70. The van der Waals surface area contributed by atoms with Crippen LogP contribution in [0.15, 0.2) is 16.8 Å². The second-order valence-electron chi connectivity index (χ2n) is 8.85. The number of allylic oxidation sites excluding steroid dienone is 2. The third-order valence-electron chi connectivity index (χ3n) is 7.70. The number of carboxylic acid groups (broad SMARTS) is 1. The van der Waals surface area contributed by atoms with Crippen molar-refractivity contribution < 1.29 is 24.6 Å². The van der Waals surface area contributed by atoms with E-state index >= 15 is 0 Å². The molecule has 148 valence electrons. The highest BCUT2D eigenvalue weighted by atomic mass is 16.6. The maximum Gasteiger partial charge on any atom is 0.344 e. The van der Waals surface area contributed by atoms with Gasteiger partial charge in [-0.1, -0.05) is 10.7 Å². The third kappa shape index (κ3) is 3.22. The van der Waals surface area contributed by atoms with Crippen molar-refractivity contribution in [2.45, 2.75) is 63.9 Å². The number of oxime groups is 1. The number of ketones is 1. The minimum atomic E-state index is -1.08. The lowest BCUT2D eigenvalue weighted by molar-refractivity contribution is -0.143. The van der Waals surface area contributed by atoms with Gasteiger partial charge in [0.15, 0.2) is 5.78 Å². The van der Waals surface area contributed by atoms with Gasteiger partial charge in [-0.15, -0.1) is 0 Å². The molecule has 6 heteroatoms. The Morgan fingerprint density at radius 3 is 2.70 bits per heavy atom. The number of carbonyl (C=O) groups is 2. The summed E-state index contributed by atoms with van der Waals surface area (Å²) in [5.74, 6) is 1.38. The van der Waals surface area contributed by atoms with E-state index in [1.165, 1.54) is 5.57 Å². The van der Waals surface area contributed by atoms with Gasteiger partial charge in [0, 0.05) is 0 Å². The predicted octanol–water partition coefficient (Wildman–Crippen LogP) is 2.95. The van der Waals surface area contributed by atoms with E-state index in [0.29, 0.717) is 30.1 Å². The van der Waals surface area contributed by atoms with Crippen molar-refractivity contribution in [2.75, 3.05) is 6.61 Å². The van der Waals surface area contributed by atoms with Crippen molar-refractivity contribution >= 4 is 17.5 Å². The summed E-state index contributed by atoms with van der Waals surface area (Å²) in [6.07, 6.45) is 9.78. The average molecular weight is 375 g/mol. The first-order chi connectivity index (χ1) is 12.9. The molecule has 0 saturated heterocycles. The summed E-state index contributed by atoms with van der Waals surface area (Å²) in [5.41, 5.74) is 1.19. The van der Waals surface area contributed by atoms with E-state index < -0.39 is 18.2 Å². The Morgan fingerprint density at radius 2 is 1.96 bits per heavy atom. The number of Topliss-reactive ketones (excluding diaryl/α,β-unsaturated/α-hetero) is 1. The molecule has 4 rings (SSSR count). The smallest absolute Gasteiger partial charge is 0.344 e. The van der Waals surface area contributed by atoms with Crippen LogP contribution in [0.5, 0.6) is 0 Å². The molecule has 0 heterocycles. The van der Waals surface area contributed by atoms with Gasteiger partial charge in [-0.25, -0.2) is 4.79 Å². The Bertz CT molecular complexity index is 699. The molecular formula is C21H29NO5. The summed E-state index contributed by atoms with van der Waals surface area (Å²) >= 11 is 0. The van der Waals surface area contributed by atoms with Gasteiger partial charge in [0.2, 0.25) is 6.61 Å². The molecule has 4 aliphatic carbocycles. The summed E-state index contributed by atoms with van der Waals surface area (Å²) in [4.78, 5) is 27.5. The molecule has 4 aliphatic rings. The summed E-state index contributed by atoms with van der Waals surface area (Å²) < 4.78 is 0. The predicted molar refractivity (Wildman–Crippen MR) is 99.1 cm³/mol. The van der Waals surface area contributed by atoms with Gasteiger partial charge in [0.05, 0.1) is 5.71 Å². The number of rotatable bonds is 4. The first kappa shape index (κ1) is 18.7. The van der Waals surface area contributed by atoms with Crippen molar-refractivity contribution in [3.05, 3.63) is 11.6 Å². The van der Waals surface area contributed by atoms with Crippen LogP contribution in [-0.4, -0.2) is 39.9 Å². The minimum Gasteiger partial charge on any atom is -0.479 e. The number of carboxylic acids is 1. The number of aliphatic hydroxyl groups is 1. The molecule has 0 radical (unpaired) electrons. The first-order valence-electron chi connectivity index (χ1n) is 10.2. The van der Waals surface area contributed by atoms with Gasteiger partial charge >= 0.3 is 5.97 Å². The lowest BCUT2D eigenvalue weighted by Crippen LogP contribution is -2.48. The van der Waals surface area contributed by atoms with Gasteiger partial charge in [0.1, 0.15) is 5.60 Å². The van der Waals surface area contributed by atoms with Crippen LogP contribution in [0.25, 0.3) is 0 Å². The van der Waals surface area contributed by atoms with E-state index in [2.05, 4.69) is 11.2 Å². The molecule has 0 spiro atoms. The van der Waals surface area contributed by atoms with Crippen LogP contribution in [0.1, 0.15) is 58.3 Å². The summed E-state index contributed by atoms with van der Waals surface area (Å²) in [6, 6.07) is 0. The lowest BCUT2D eigenvalue weighted by Gasteiger charge is -2.50. The van der Waals surface area contributed by atoms with Crippen LogP contribution in [0.3, 0.4) is 0 Å². The van der Waals surface area contributed by atoms with E-state index in [4.69, 9.17) is 9.94 Å². The van der Waals surface area contributed by atoms with Gasteiger partial charge in [-0.3, -0.25) is 4.79 Å². The largest absolute Gasteiger partial charge is 0.479 e. The van der Waals surface area contributed by atoms with Crippen molar-refractivity contribution in [1.29, 1.82) is 0 Å². The van der Waals surface area contributed by atoms with Crippen molar-refractivity contribution in [2.24, 2.45) is 34.7 Å². The number of fused-ring (bicyclic) bond motifs is 5. The monoisotopic (exact) mass is 375 g/mol. The zero-order chi connectivity index (χ0) is 19.2. The van der Waals surface area contributed by atoms with E-state index in [0.717, 1.165) is 50.7 Å². The SMILES string of the molecule is CC(=O)C1(O)CCC2C3CCC4=CC(=NOCC(=O)O)CCC4C3CCC21. The molecule has 0 aromatic rings. The Kier molecular flexibility index (Phi) is 4.87. The van der Waals surface area contributed by atoms with E-state index in [-0.39, 0.29) is 11.7 Å². The Hall–Kier alpha value is -1.69. The van der Waals surface area contributed by atoms with Crippen LogP contribution in [0.2, 0.25) is 0 Å². The lowest BCUT2D eigenvalue weighted by atomic mass is 9.55. The molecule has 6 atom stereocenters. The number of hydrogen-bond donors (Lipinski definition) is 2. The number of nitrogens with zero attached hydrogens (tertiary/aromatic N) is 1. The standard InChI is InChI=1S/C21H29NO5/c1-12(23)21(26)9-8-18-17-4-2-13-10-14(22-27-11-20(24)25)3-5-15(13)16(17)6-7-19(18)21/h10,15-19,26H,2-9,11H2,1H3,(H,24,25). The average Bonchev–Trinajstić information content (AvgIpc) is 2.99. The zero-order valence-electron chi connectivity index (χ0n) is 15.9. The van der Waals surface area contributed by atoms with Gasteiger partial charge in [-0.2, -0.15) is 0 Å². The van der Waals surface area contributed by atoms with Crippen LogP contribution in [0, 0.1) is 29.6 Å². The fourth-order valence-corrected chi connectivity index (χ4v) is 6.57. The number of hydrogen-bond acceptors (Lipinski definition) is 5. The maximum atomic E-state index is 12.1. The highest BCUT2D eigenvalue weighted by Gasteiger charge is 2.57. The van der Waals surface area contributed by atoms with E-state index in [1.54, 1.807) is 6.92 Å².